The molecule has 158 valence electrons. The number of aromatic nitrogens is 3. The molecule has 1 aliphatic heterocycles. The van der Waals surface area contributed by atoms with Crippen LogP contribution in [0.15, 0.2) is 53.3 Å². The number of sulfonamides is 1. The number of carbonyl (C=O) groups excluding carboxylic acids is 1. The highest BCUT2D eigenvalue weighted by atomic mass is 32.2. The first-order chi connectivity index (χ1) is 14.5. The van der Waals surface area contributed by atoms with Crippen LogP contribution in [0.25, 0.3) is 0 Å². The molecule has 1 N–H and O–H groups in total. The van der Waals surface area contributed by atoms with Crippen molar-refractivity contribution in [1.29, 1.82) is 0 Å². The lowest BCUT2D eigenvalue weighted by Crippen LogP contribution is -2.38. The van der Waals surface area contributed by atoms with E-state index in [-0.39, 0.29) is 15.7 Å². The Morgan fingerprint density at radius 2 is 1.97 bits per heavy atom. The van der Waals surface area contributed by atoms with Crippen LogP contribution in [0.2, 0.25) is 0 Å². The van der Waals surface area contributed by atoms with Crippen LogP contribution in [0, 0.1) is 0 Å². The van der Waals surface area contributed by atoms with E-state index in [1.54, 1.807) is 28.2 Å². The van der Waals surface area contributed by atoms with Crippen molar-refractivity contribution in [2.45, 2.75) is 18.0 Å². The Bertz CT molecular complexity index is 1110. The number of amides is 1. The lowest BCUT2D eigenvalue weighted by molar-refractivity contribution is 0.0952. The molecule has 0 radical (unpaired) electrons. The molecule has 1 aromatic carbocycles. The van der Waals surface area contributed by atoms with Gasteiger partial charge in [-0.1, -0.05) is 24.3 Å². The zero-order valence-electron chi connectivity index (χ0n) is 16.1. The molecule has 1 saturated heterocycles. The molecule has 1 amide bonds. The van der Waals surface area contributed by atoms with Crippen molar-refractivity contribution in [3.05, 3.63) is 64.4 Å². The highest BCUT2D eigenvalue weighted by molar-refractivity contribution is 7.99. The fraction of sp³-hybridized carbons (Fsp3) is 0.316. The highest BCUT2D eigenvalue weighted by Crippen LogP contribution is 2.27. The topological polar surface area (TPSA) is 97.2 Å². The van der Waals surface area contributed by atoms with Gasteiger partial charge in [-0.2, -0.15) is 21.2 Å². The van der Waals surface area contributed by atoms with E-state index in [4.69, 9.17) is 0 Å². The standard InChI is InChI=1S/C19H21N5O3S3/c25-19(18-17(4-7-29-18)30(26,27)24-5-8-28-9-6-24)21-11-15-2-1-3-16(10-15)12-23-14-20-13-22-23/h1-4,7,10,13-14H,5-6,8-9,11-12H2,(H,21,25). The van der Waals surface area contributed by atoms with Crippen LogP contribution in [-0.4, -0.2) is 58.0 Å². The van der Waals surface area contributed by atoms with Gasteiger partial charge in [0.05, 0.1) is 6.54 Å². The van der Waals surface area contributed by atoms with Gasteiger partial charge < -0.3 is 5.32 Å². The summed E-state index contributed by atoms with van der Waals surface area (Å²) in [5.74, 6) is 1.17. The van der Waals surface area contributed by atoms with Gasteiger partial charge in [-0.3, -0.25) is 4.79 Å². The first-order valence-electron chi connectivity index (χ1n) is 9.38. The summed E-state index contributed by atoms with van der Waals surface area (Å²) in [5, 5.41) is 8.60. The number of hydrogen-bond acceptors (Lipinski definition) is 7. The number of hydrogen-bond donors (Lipinski definition) is 1. The summed E-state index contributed by atoms with van der Waals surface area (Å²) < 4.78 is 29.1. The summed E-state index contributed by atoms with van der Waals surface area (Å²) in [6, 6.07) is 9.33. The second-order valence-electron chi connectivity index (χ2n) is 6.73. The van der Waals surface area contributed by atoms with Crippen LogP contribution in [0.1, 0.15) is 20.8 Å². The second-order valence-corrected chi connectivity index (χ2v) is 10.8. The van der Waals surface area contributed by atoms with E-state index in [2.05, 4.69) is 15.4 Å². The molecule has 3 heterocycles. The Balaban J connectivity index is 1.44. The molecule has 1 fully saturated rings. The monoisotopic (exact) mass is 463 g/mol. The van der Waals surface area contributed by atoms with Gasteiger partial charge in [0.15, 0.2) is 0 Å². The largest absolute Gasteiger partial charge is 0.347 e. The van der Waals surface area contributed by atoms with Crippen LogP contribution in [0.5, 0.6) is 0 Å². The molecule has 3 aromatic rings. The predicted molar refractivity (Wildman–Crippen MR) is 117 cm³/mol. The van der Waals surface area contributed by atoms with Crippen molar-refractivity contribution < 1.29 is 13.2 Å². The number of thiophene rings is 1. The quantitative estimate of drug-likeness (QED) is 0.576. The molecule has 4 rings (SSSR count). The van der Waals surface area contributed by atoms with Gasteiger partial charge in [-0.25, -0.2) is 18.1 Å². The van der Waals surface area contributed by atoms with Crippen molar-refractivity contribution in [3.8, 4) is 0 Å². The summed E-state index contributed by atoms with van der Waals surface area (Å²) >= 11 is 2.89. The molecule has 0 unspecified atom stereocenters. The van der Waals surface area contributed by atoms with E-state index in [1.807, 2.05) is 24.3 Å². The minimum Gasteiger partial charge on any atom is -0.347 e. The fourth-order valence-electron chi connectivity index (χ4n) is 3.19. The molecule has 8 nitrogen and oxygen atoms in total. The Morgan fingerprint density at radius 1 is 1.17 bits per heavy atom. The van der Waals surface area contributed by atoms with Gasteiger partial charge in [0, 0.05) is 31.1 Å². The van der Waals surface area contributed by atoms with Gasteiger partial charge in [0.25, 0.3) is 5.91 Å². The zero-order chi connectivity index (χ0) is 21.0. The smallest absolute Gasteiger partial charge is 0.263 e. The lowest BCUT2D eigenvalue weighted by Gasteiger charge is -2.25. The van der Waals surface area contributed by atoms with E-state index in [9.17, 15) is 13.2 Å². The van der Waals surface area contributed by atoms with Crippen LogP contribution in [0.3, 0.4) is 0 Å². The summed E-state index contributed by atoms with van der Waals surface area (Å²) in [4.78, 5) is 17.0. The van der Waals surface area contributed by atoms with Gasteiger partial charge in [0.1, 0.15) is 22.4 Å². The van der Waals surface area contributed by atoms with Crippen LogP contribution >= 0.6 is 23.1 Å². The Kier molecular flexibility index (Phi) is 6.52. The van der Waals surface area contributed by atoms with Crippen LogP contribution in [0.4, 0.5) is 0 Å². The number of nitrogens with zero attached hydrogens (tertiary/aromatic N) is 4. The molecule has 0 saturated carbocycles. The average molecular weight is 464 g/mol. The molecular formula is C19H21N5O3S3. The van der Waals surface area contributed by atoms with E-state index in [0.29, 0.717) is 26.2 Å². The molecule has 11 heteroatoms. The third-order valence-corrected chi connectivity index (χ3v) is 8.60. The maximum atomic E-state index is 13.0. The first-order valence-corrected chi connectivity index (χ1v) is 12.9. The summed E-state index contributed by atoms with van der Waals surface area (Å²) in [6.07, 6.45) is 3.13. The molecule has 0 bridgehead atoms. The minimum atomic E-state index is -3.66. The van der Waals surface area contributed by atoms with Gasteiger partial charge in [0.2, 0.25) is 10.0 Å². The molecule has 0 aliphatic carbocycles. The third kappa shape index (κ3) is 4.75. The van der Waals surface area contributed by atoms with E-state index in [0.717, 1.165) is 34.0 Å². The number of nitrogens with one attached hydrogen (secondary N) is 1. The number of benzene rings is 1. The van der Waals surface area contributed by atoms with Crippen LogP contribution < -0.4 is 5.32 Å². The lowest BCUT2D eigenvalue weighted by atomic mass is 10.1. The SMILES string of the molecule is O=C(NCc1cccc(Cn2cncn2)c1)c1sccc1S(=O)(=O)N1CCSCC1. The molecule has 2 aromatic heterocycles. The Morgan fingerprint density at radius 3 is 2.73 bits per heavy atom. The number of rotatable bonds is 7. The first kappa shape index (κ1) is 21.0. The maximum Gasteiger partial charge on any atom is 0.263 e. The molecule has 0 atom stereocenters. The van der Waals surface area contributed by atoms with Gasteiger partial charge in [-0.05, 0) is 22.6 Å². The number of carbonyl (C=O) groups is 1. The summed E-state index contributed by atoms with van der Waals surface area (Å²) in [6.45, 7) is 1.84. The third-order valence-electron chi connectivity index (χ3n) is 4.68. The fourth-order valence-corrected chi connectivity index (χ4v) is 7.09. The van der Waals surface area contributed by atoms with Crippen molar-refractivity contribution in [2.24, 2.45) is 0 Å². The molecule has 0 spiro atoms. The Hall–Kier alpha value is -2.21. The zero-order valence-corrected chi connectivity index (χ0v) is 18.5. The summed E-state index contributed by atoms with van der Waals surface area (Å²) in [5.41, 5.74) is 1.96. The van der Waals surface area contributed by atoms with E-state index in [1.165, 1.54) is 16.7 Å². The normalized spacial score (nSPS) is 15.2. The van der Waals surface area contributed by atoms with Crippen molar-refractivity contribution in [2.75, 3.05) is 24.6 Å². The Labute approximate surface area is 183 Å². The number of thioether (sulfide) groups is 1. The van der Waals surface area contributed by atoms with E-state index >= 15 is 0 Å². The highest BCUT2D eigenvalue weighted by Gasteiger charge is 2.31. The van der Waals surface area contributed by atoms with Crippen molar-refractivity contribution in [3.63, 3.8) is 0 Å². The van der Waals surface area contributed by atoms with Crippen molar-refractivity contribution >= 4 is 39.0 Å². The summed E-state index contributed by atoms with van der Waals surface area (Å²) in [7, 11) is -3.66. The molecule has 30 heavy (non-hydrogen) atoms. The second kappa shape index (κ2) is 9.29. The van der Waals surface area contributed by atoms with E-state index < -0.39 is 10.0 Å². The minimum absolute atomic E-state index is 0.0943. The van der Waals surface area contributed by atoms with Gasteiger partial charge >= 0.3 is 0 Å². The van der Waals surface area contributed by atoms with Crippen LogP contribution in [-0.2, 0) is 23.1 Å². The van der Waals surface area contributed by atoms with Gasteiger partial charge in [-0.15, -0.1) is 11.3 Å². The molecular weight excluding hydrogens is 442 g/mol. The van der Waals surface area contributed by atoms with Crippen molar-refractivity contribution in [1.82, 2.24) is 24.4 Å². The molecule has 1 aliphatic rings. The predicted octanol–water partition coefficient (Wildman–Crippen LogP) is 2.06. The average Bonchev–Trinajstić information content (AvgIpc) is 3.45. The maximum absolute atomic E-state index is 13.0.